The van der Waals surface area contributed by atoms with E-state index >= 15 is 0 Å². The van der Waals surface area contributed by atoms with Gasteiger partial charge in [-0.3, -0.25) is 9.69 Å². The van der Waals surface area contributed by atoms with E-state index in [1.165, 1.54) is 0 Å². The van der Waals surface area contributed by atoms with Crippen LogP contribution in [0, 0.1) is 0 Å². The van der Waals surface area contributed by atoms with E-state index < -0.39 is 5.97 Å². The molecule has 2 fully saturated rings. The van der Waals surface area contributed by atoms with E-state index in [9.17, 15) is 9.59 Å². The Hall–Kier alpha value is -0.950. The Kier molecular flexibility index (Phi) is 6.17. The van der Waals surface area contributed by atoms with Crippen molar-refractivity contribution in [1.82, 2.24) is 14.7 Å². The molecule has 7 heteroatoms. The van der Waals surface area contributed by atoms with Crippen LogP contribution in [0.25, 0.3) is 0 Å². The van der Waals surface area contributed by atoms with Crippen molar-refractivity contribution >= 4 is 23.8 Å². The summed E-state index contributed by atoms with van der Waals surface area (Å²) in [5.74, 6) is 0.220. The third-order valence-electron chi connectivity index (χ3n) is 4.08. The summed E-state index contributed by atoms with van der Waals surface area (Å²) >= 11 is 1.96. The minimum absolute atomic E-state index is 0.0697. The SMILES string of the molecule is CCC1CN(C(=O)N2CCCN(CC(=O)O)CC2)CCS1. The van der Waals surface area contributed by atoms with Crippen LogP contribution >= 0.6 is 11.8 Å². The van der Waals surface area contributed by atoms with Gasteiger partial charge in [0, 0.05) is 50.3 Å². The summed E-state index contributed by atoms with van der Waals surface area (Å²) in [6.45, 7) is 6.68. The highest BCUT2D eigenvalue weighted by Crippen LogP contribution is 2.22. The quantitative estimate of drug-likeness (QED) is 0.842. The Morgan fingerprint density at radius 1 is 1.14 bits per heavy atom. The molecule has 1 N–H and O–H groups in total. The lowest BCUT2D eigenvalue weighted by atomic mass is 10.3. The number of amides is 2. The molecule has 2 amide bonds. The van der Waals surface area contributed by atoms with Gasteiger partial charge in [-0.2, -0.15) is 11.8 Å². The van der Waals surface area contributed by atoms with Gasteiger partial charge in [0.05, 0.1) is 6.54 Å². The smallest absolute Gasteiger partial charge is 0.320 e. The predicted octanol–water partition coefficient (Wildman–Crippen LogP) is 1.03. The van der Waals surface area contributed by atoms with Crippen molar-refractivity contribution in [3.05, 3.63) is 0 Å². The first kappa shape index (κ1) is 16.4. The van der Waals surface area contributed by atoms with E-state index in [0.717, 1.165) is 44.8 Å². The molecule has 6 nitrogen and oxygen atoms in total. The van der Waals surface area contributed by atoms with Crippen molar-refractivity contribution in [2.45, 2.75) is 25.0 Å². The average molecular weight is 315 g/mol. The van der Waals surface area contributed by atoms with Gasteiger partial charge in [-0.05, 0) is 12.8 Å². The molecule has 0 aromatic rings. The van der Waals surface area contributed by atoms with Crippen molar-refractivity contribution in [2.24, 2.45) is 0 Å². The largest absolute Gasteiger partial charge is 0.480 e. The summed E-state index contributed by atoms with van der Waals surface area (Å²) in [7, 11) is 0. The van der Waals surface area contributed by atoms with Gasteiger partial charge in [0.1, 0.15) is 0 Å². The average Bonchev–Trinajstić information content (AvgIpc) is 2.71. The lowest BCUT2D eigenvalue weighted by Crippen LogP contribution is -2.49. The molecule has 0 spiro atoms. The van der Waals surface area contributed by atoms with Crippen molar-refractivity contribution < 1.29 is 14.7 Å². The predicted molar refractivity (Wildman–Crippen MR) is 83.8 cm³/mol. The van der Waals surface area contributed by atoms with Crippen LogP contribution in [0.1, 0.15) is 19.8 Å². The fraction of sp³-hybridized carbons (Fsp3) is 0.857. The molecule has 120 valence electrons. The second-order valence-corrected chi connectivity index (χ2v) is 7.05. The highest BCUT2D eigenvalue weighted by Gasteiger charge is 2.28. The summed E-state index contributed by atoms with van der Waals surface area (Å²) in [5, 5.41) is 9.41. The third-order valence-corrected chi connectivity index (χ3v) is 5.45. The van der Waals surface area contributed by atoms with Crippen LogP contribution in [0.15, 0.2) is 0 Å². The van der Waals surface area contributed by atoms with Gasteiger partial charge in [0.25, 0.3) is 0 Å². The third kappa shape index (κ3) is 4.78. The van der Waals surface area contributed by atoms with Crippen LogP contribution in [0.3, 0.4) is 0 Å². The molecule has 2 aliphatic heterocycles. The van der Waals surface area contributed by atoms with Crippen molar-refractivity contribution in [3.63, 3.8) is 0 Å². The zero-order chi connectivity index (χ0) is 15.2. The van der Waals surface area contributed by atoms with E-state index in [0.29, 0.717) is 18.3 Å². The molecule has 21 heavy (non-hydrogen) atoms. The Balaban J connectivity index is 1.86. The maximum atomic E-state index is 12.6. The van der Waals surface area contributed by atoms with Crippen LogP contribution in [-0.4, -0.2) is 88.6 Å². The first-order valence-corrected chi connectivity index (χ1v) is 8.74. The van der Waals surface area contributed by atoms with Gasteiger partial charge in [-0.15, -0.1) is 0 Å². The molecule has 0 aliphatic carbocycles. The van der Waals surface area contributed by atoms with E-state index in [-0.39, 0.29) is 12.6 Å². The number of carbonyl (C=O) groups is 2. The highest BCUT2D eigenvalue weighted by molar-refractivity contribution is 8.00. The number of hydrogen-bond acceptors (Lipinski definition) is 4. The molecule has 2 heterocycles. The van der Waals surface area contributed by atoms with Crippen molar-refractivity contribution in [1.29, 1.82) is 0 Å². The molecule has 0 bridgehead atoms. The molecule has 2 saturated heterocycles. The zero-order valence-electron chi connectivity index (χ0n) is 12.7. The van der Waals surface area contributed by atoms with Crippen LogP contribution in [0.2, 0.25) is 0 Å². The number of rotatable bonds is 3. The fourth-order valence-corrected chi connectivity index (χ4v) is 4.03. The molecule has 0 aromatic heterocycles. The van der Waals surface area contributed by atoms with Gasteiger partial charge < -0.3 is 14.9 Å². The number of urea groups is 1. The maximum Gasteiger partial charge on any atom is 0.320 e. The minimum atomic E-state index is -0.798. The second kappa shape index (κ2) is 7.89. The summed E-state index contributed by atoms with van der Waals surface area (Å²) in [4.78, 5) is 29.2. The Labute approximate surface area is 130 Å². The summed E-state index contributed by atoms with van der Waals surface area (Å²) in [5.41, 5.74) is 0. The number of hydrogen-bond donors (Lipinski definition) is 1. The van der Waals surface area contributed by atoms with Crippen LogP contribution in [-0.2, 0) is 4.79 Å². The first-order valence-electron chi connectivity index (χ1n) is 7.69. The van der Waals surface area contributed by atoms with E-state index in [1.54, 1.807) is 0 Å². The van der Waals surface area contributed by atoms with Gasteiger partial charge in [-0.25, -0.2) is 4.79 Å². The molecule has 1 unspecified atom stereocenters. The molecular formula is C14H25N3O3S. The van der Waals surface area contributed by atoms with E-state index in [2.05, 4.69) is 6.92 Å². The van der Waals surface area contributed by atoms with Gasteiger partial charge in [-0.1, -0.05) is 6.92 Å². The molecule has 0 radical (unpaired) electrons. The summed E-state index contributed by atoms with van der Waals surface area (Å²) in [6.07, 6.45) is 1.94. The zero-order valence-corrected chi connectivity index (χ0v) is 13.5. The molecular weight excluding hydrogens is 290 g/mol. The Morgan fingerprint density at radius 3 is 2.67 bits per heavy atom. The molecule has 0 aromatic carbocycles. The first-order chi connectivity index (χ1) is 10.1. The monoisotopic (exact) mass is 315 g/mol. The number of nitrogens with zero attached hydrogens (tertiary/aromatic N) is 3. The molecule has 0 saturated carbocycles. The fourth-order valence-electron chi connectivity index (χ4n) is 2.85. The second-order valence-electron chi connectivity index (χ2n) is 5.64. The molecule has 1 atom stereocenters. The lowest BCUT2D eigenvalue weighted by Gasteiger charge is -2.35. The number of carboxylic acid groups (broad SMARTS) is 1. The number of carbonyl (C=O) groups excluding carboxylic acids is 1. The van der Waals surface area contributed by atoms with Crippen molar-refractivity contribution in [3.8, 4) is 0 Å². The summed E-state index contributed by atoms with van der Waals surface area (Å²) in [6, 6.07) is 0.130. The van der Waals surface area contributed by atoms with E-state index in [1.807, 2.05) is 26.5 Å². The number of carboxylic acids is 1. The van der Waals surface area contributed by atoms with Crippen LogP contribution in [0.5, 0.6) is 0 Å². The van der Waals surface area contributed by atoms with Gasteiger partial charge in [0.2, 0.25) is 0 Å². The molecule has 2 rings (SSSR count). The Bertz CT molecular complexity index is 380. The standard InChI is InChI=1S/C14H25N3O3S/c1-2-12-10-17(8-9-21-12)14(20)16-5-3-4-15(6-7-16)11-13(18)19/h12H,2-11H2,1H3,(H,18,19). The number of aliphatic carboxylic acids is 1. The number of thioether (sulfide) groups is 1. The topological polar surface area (TPSA) is 64.1 Å². The normalized spacial score (nSPS) is 24.7. The minimum Gasteiger partial charge on any atom is -0.480 e. The molecule has 2 aliphatic rings. The van der Waals surface area contributed by atoms with E-state index in [4.69, 9.17) is 5.11 Å². The van der Waals surface area contributed by atoms with Crippen molar-refractivity contribution in [2.75, 3.05) is 51.6 Å². The van der Waals surface area contributed by atoms with Crippen LogP contribution in [0.4, 0.5) is 4.79 Å². The highest BCUT2D eigenvalue weighted by atomic mass is 32.2. The summed E-state index contributed by atoms with van der Waals surface area (Å²) < 4.78 is 0. The Morgan fingerprint density at radius 2 is 1.95 bits per heavy atom. The van der Waals surface area contributed by atoms with Gasteiger partial charge >= 0.3 is 12.0 Å². The maximum absolute atomic E-state index is 12.6. The van der Waals surface area contributed by atoms with Gasteiger partial charge in [0.15, 0.2) is 0 Å². The lowest BCUT2D eigenvalue weighted by molar-refractivity contribution is -0.138. The van der Waals surface area contributed by atoms with Crippen LogP contribution < -0.4 is 0 Å².